The summed E-state index contributed by atoms with van der Waals surface area (Å²) in [6, 6.07) is 7.64. The van der Waals surface area contributed by atoms with E-state index in [0.29, 0.717) is 49.2 Å². The molecule has 0 aliphatic heterocycles. The van der Waals surface area contributed by atoms with Crippen molar-refractivity contribution in [3.63, 3.8) is 0 Å². The van der Waals surface area contributed by atoms with Crippen molar-refractivity contribution < 1.29 is 19.0 Å². The first-order valence-corrected chi connectivity index (χ1v) is 10.4. The zero-order valence-electron chi connectivity index (χ0n) is 17.3. The van der Waals surface area contributed by atoms with E-state index in [9.17, 15) is 4.79 Å². The molecule has 1 aromatic carbocycles. The van der Waals surface area contributed by atoms with Crippen LogP contribution in [0.2, 0.25) is 0 Å². The molecule has 28 heavy (non-hydrogen) atoms. The lowest BCUT2D eigenvalue weighted by Crippen LogP contribution is -2.34. The van der Waals surface area contributed by atoms with E-state index in [1.807, 2.05) is 46.3 Å². The number of rotatable bonds is 11. The van der Waals surface area contributed by atoms with Crippen LogP contribution in [0.4, 0.5) is 0 Å². The Morgan fingerprint density at radius 3 is 2.14 bits per heavy atom. The molecule has 1 atom stereocenters. The van der Waals surface area contributed by atoms with Gasteiger partial charge in [-0.2, -0.15) is 0 Å². The zero-order chi connectivity index (χ0) is 20.5. The van der Waals surface area contributed by atoms with Gasteiger partial charge in [0, 0.05) is 17.0 Å². The van der Waals surface area contributed by atoms with Crippen LogP contribution in [0.25, 0.3) is 0 Å². The molecule has 1 aromatic heterocycles. The van der Waals surface area contributed by atoms with E-state index >= 15 is 0 Å². The second kappa shape index (κ2) is 10.9. The highest BCUT2D eigenvalue weighted by Crippen LogP contribution is 2.39. The number of benzene rings is 1. The third-order valence-electron chi connectivity index (χ3n) is 4.12. The maximum absolute atomic E-state index is 12.8. The lowest BCUT2D eigenvalue weighted by Gasteiger charge is -2.24. The summed E-state index contributed by atoms with van der Waals surface area (Å²) in [5.41, 5.74) is 0.485. The van der Waals surface area contributed by atoms with Crippen molar-refractivity contribution in [2.75, 3.05) is 40.5 Å². The number of nitrogens with zero attached hydrogens (tertiary/aromatic N) is 1. The minimum atomic E-state index is -0.173. The third kappa shape index (κ3) is 5.62. The molecule has 0 aliphatic carbocycles. The topological polar surface area (TPSA) is 60.0 Å². The fourth-order valence-electron chi connectivity index (χ4n) is 2.83. The number of amides is 1. The van der Waals surface area contributed by atoms with Gasteiger partial charge in [-0.05, 0) is 58.4 Å². The van der Waals surface area contributed by atoms with E-state index in [1.54, 1.807) is 23.5 Å². The van der Waals surface area contributed by atoms with Crippen molar-refractivity contribution in [3.05, 3.63) is 40.1 Å². The molecule has 0 radical (unpaired) electrons. The van der Waals surface area contributed by atoms with Crippen LogP contribution in [0.1, 0.15) is 42.0 Å². The Kier molecular flexibility index (Phi) is 8.60. The molecule has 1 unspecified atom stereocenters. The molecule has 0 bridgehead atoms. The summed E-state index contributed by atoms with van der Waals surface area (Å²) in [5, 5.41) is 5.08. The molecular formula is C21H30N2O4S. The van der Waals surface area contributed by atoms with Gasteiger partial charge in [-0.1, -0.05) is 6.07 Å². The number of hydrogen-bond acceptors (Lipinski definition) is 6. The Morgan fingerprint density at radius 2 is 1.68 bits per heavy atom. The van der Waals surface area contributed by atoms with Gasteiger partial charge in [0.15, 0.2) is 11.5 Å². The largest absolute Gasteiger partial charge is 0.490 e. The minimum absolute atomic E-state index is 0.115. The van der Waals surface area contributed by atoms with Crippen LogP contribution in [0, 0.1) is 0 Å². The molecule has 0 saturated heterocycles. The summed E-state index contributed by atoms with van der Waals surface area (Å²) in [6.07, 6.45) is 0. The summed E-state index contributed by atoms with van der Waals surface area (Å²) in [7, 11) is 4.02. The fraction of sp³-hybridized carbons (Fsp3) is 0.476. The normalized spacial score (nSPS) is 11.9. The van der Waals surface area contributed by atoms with E-state index in [4.69, 9.17) is 14.2 Å². The van der Waals surface area contributed by atoms with Gasteiger partial charge in [-0.3, -0.25) is 4.79 Å². The number of hydrogen-bond donors (Lipinski definition) is 1. The van der Waals surface area contributed by atoms with E-state index in [-0.39, 0.29) is 11.9 Å². The highest BCUT2D eigenvalue weighted by Gasteiger charge is 2.20. The maximum atomic E-state index is 12.8. The van der Waals surface area contributed by atoms with Gasteiger partial charge in [-0.15, -0.1) is 11.3 Å². The third-order valence-corrected chi connectivity index (χ3v) is 5.10. The molecule has 6 nitrogen and oxygen atoms in total. The van der Waals surface area contributed by atoms with Crippen LogP contribution in [0.5, 0.6) is 17.2 Å². The van der Waals surface area contributed by atoms with Gasteiger partial charge in [0.05, 0.1) is 25.9 Å². The highest BCUT2D eigenvalue weighted by molar-refractivity contribution is 7.10. The highest BCUT2D eigenvalue weighted by atomic mass is 32.1. The summed E-state index contributed by atoms with van der Waals surface area (Å²) in [4.78, 5) is 16.2. The quantitative estimate of drug-likeness (QED) is 0.612. The first-order chi connectivity index (χ1) is 13.5. The number of likely N-dealkylation sites (N-methyl/N-ethyl adjacent to an activating group) is 1. The van der Waals surface area contributed by atoms with Crippen LogP contribution in [0.15, 0.2) is 29.6 Å². The van der Waals surface area contributed by atoms with Crippen molar-refractivity contribution in [1.82, 2.24) is 10.2 Å². The van der Waals surface area contributed by atoms with Gasteiger partial charge >= 0.3 is 0 Å². The molecule has 0 aliphatic rings. The average Bonchev–Trinajstić information content (AvgIpc) is 3.18. The molecule has 0 fully saturated rings. The van der Waals surface area contributed by atoms with Gasteiger partial charge in [0.2, 0.25) is 5.75 Å². The van der Waals surface area contributed by atoms with Crippen molar-refractivity contribution in [2.45, 2.75) is 26.8 Å². The van der Waals surface area contributed by atoms with E-state index in [1.165, 1.54) is 4.88 Å². The second-order valence-electron chi connectivity index (χ2n) is 6.31. The Morgan fingerprint density at radius 1 is 1.07 bits per heavy atom. The summed E-state index contributed by atoms with van der Waals surface area (Å²) < 4.78 is 17.1. The fourth-order valence-corrected chi connectivity index (χ4v) is 3.75. The first kappa shape index (κ1) is 22.0. The Balaban J connectivity index is 2.23. The summed E-state index contributed by atoms with van der Waals surface area (Å²) >= 11 is 1.68. The Hall–Kier alpha value is -2.25. The van der Waals surface area contributed by atoms with Gasteiger partial charge in [0.25, 0.3) is 5.91 Å². The molecule has 7 heteroatoms. The SMILES string of the molecule is CCOc1cc(C(=O)NCC(c2cccs2)N(C)C)cc(OCC)c1OCC. The summed E-state index contributed by atoms with van der Waals surface area (Å²) in [5.74, 6) is 1.39. The molecule has 0 saturated carbocycles. The maximum Gasteiger partial charge on any atom is 0.251 e. The first-order valence-electron chi connectivity index (χ1n) is 9.56. The smallest absolute Gasteiger partial charge is 0.251 e. The number of ether oxygens (including phenoxy) is 3. The predicted octanol–water partition coefficient (Wildman–Crippen LogP) is 3.98. The standard InChI is InChI=1S/C21H30N2O4S/c1-6-25-17-12-15(13-18(26-7-2)20(17)27-8-3)21(24)22-14-16(23(4)5)19-10-9-11-28-19/h9-13,16H,6-8,14H2,1-5H3,(H,22,24). The van der Waals surface area contributed by atoms with Gasteiger partial charge in [0.1, 0.15) is 0 Å². The van der Waals surface area contributed by atoms with Crippen LogP contribution >= 0.6 is 11.3 Å². The molecule has 0 spiro atoms. The Labute approximate surface area is 171 Å². The minimum Gasteiger partial charge on any atom is -0.490 e. The van der Waals surface area contributed by atoms with Crippen molar-refractivity contribution >= 4 is 17.2 Å². The predicted molar refractivity (Wildman–Crippen MR) is 113 cm³/mol. The number of carbonyl (C=O) groups excluding carboxylic acids is 1. The Bertz CT molecular complexity index is 720. The second-order valence-corrected chi connectivity index (χ2v) is 7.28. The van der Waals surface area contributed by atoms with Crippen LogP contribution < -0.4 is 19.5 Å². The van der Waals surface area contributed by atoms with Crippen LogP contribution in [0.3, 0.4) is 0 Å². The zero-order valence-corrected chi connectivity index (χ0v) is 18.1. The van der Waals surface area contributed by atoms with Gasteiger partial charge in [-0.25, -0.2) is 0 Å². The van der Waals surface area contributed by atoms with Crippen LogP contribution in [-0.4, -0.2) is 51.3 Å². The van der Waals surface area contributed by atoms with Crippen LogP contribution in [-0.2, 0) is 0 Å². The molecule has 1 amide bonds. The number of thiophene rings is 1. The average molecular weight is 407 g/mol. The van der Waals surface area contributed by atoms with E-state index < -0.39 is 0 Å². The molecular weight excluding hydrogens is 376 g/mol. The molecule has 1 heterocycles. The summed E-state index contributed by atoms with van der Waals surface area (Å²) in [6.45, 7) is 7.62. The molecule has 2 rings (SSSR count). The van der Waals surface area contributed by atoms with Gasteiger partial charge < -0.3 is 24.4 Å². The van der Waals surface area contributed by atoms with Crippen molar-refractivity contribution in [2.24, 2.45) is 0 Å². The molecule has 154 valence electrons. The lowest BCUT2D eigenvalue weighted by molar-refractivity contribution is 0.0941. The molecule has 2 aromatic rings. The molecule has 1 N–H and O–H groups in total. The lowest BCUT2D eigenvalue weighted by atomic mass is 10.1. The number of carbonyl (C=O) groups is 1. The van der Waals surface area contributed by atoms with E-state index in [2.05, 4.69) is 16.3 Å². The van der Waals surface area contributed by atoms with E-state index in [0.717, 1.165) is 0 Å². The van der Waals surface area contributed by atoms with Crippen molar-refractivity contribution in [1.29, 1.82) is 0 Å². The number of nitrogens with one attached hydrogen (secondary N) is 1. The monoisotopic (exact) mass is 406 g/mol. The van der Waals surface area contributed by atoms with Crippen molar-refractivity contribution in [3.8, 4) is 17.2 Å².